The predicted molar refractivity (Wildman–Crippen MR) is 46.7 cm³/mol. The second-order valence-corrected chi connectivity index (χ2v) is 3.38. The molecule has 11 heavy (non-hydrogen) atoms. The first-order chi connectivity index (χ1) is 5.11. The molecule has 0 aliphatic carbocycles. The zero-order valence-electron chi connectivity index (χ0n) is 5.53. The fraction of sp³-hybridized carbons (Fsp3) is 0.333. The Balaban J connectivity index is 2.75. The summed E-state index contributed by atoms with van der Waals surface area (Å²) in [4.78, 5) is 22.3. The van der Waals surface area contributed by atoms with E-state index in [1.54, 1.807) is 6.08 Å². The van der Waals surface area contributed by atoms with E-state index < -0.39 is 6.09 Å². The first-order valence-electron chi connectivity index (χ1n) is 2.96. The molecule has 1 rings (SSSR count). The molecule has 1 amide bonds. The van der Waals surface area contributed by atoms with Crippen LogP contribution in [0.15, 0.2) is 12.2 Å². The quantitative estimate of drug-likeness (QED) is 0.402. The Kier molecular flexibility index (Phi) is 2.48. The molecule has 0 aromatic heterocycles. The number of amides is 1. The van der Waals surface area contributed by atoms with Gasteiger partial charge in [0.15, 0.2) is 5.78 Å². The van der Waals surface area contributed by atoms with Gasteiger partial charge in [0.1, 0.15) is 4.05 Å². The van der Waals surface area contributed by atoms with Crippen LogP contribution in [-0.4, -0.2) is 32.5 Å². The number of hydrogen-bond acceptors (Lipinski definition) is 2. The Morgan fingerprint density at radius 2 is 2.45 bits per heavy atom. The van der Waals surface area contributed by atoms with Gasteiger partial charge in [-0.3, -0.25) is 9.69 Å². The second kappa shape index (κ2) is 3.21. The zero-order chi connectivity index (χ0) is 8.43. The van der Waals surface area contributed by atoms with E-state index in [4.69, 9.17) is 5.11 Å². The van der Waals surface area contributed by atoms with Crippen molar-refractivity contribution in [2.75, 3.05) is 6.54 Å². The molecule has 0 saturated carbocycles. The van der Waals surface area contributed by atoms with E-state index in [-0.39, 0.29) is 16.4 Å². The Hall–Kier alpha value is -0.590. The SMILES string of the molecule is O=C1C=CC(I)N(C(=O)O)C1. The Morgan fingerprint density at radius 1 is 1.82 bits per heavy atom. The number of ketones is 1. The molecule has 1 atom stereocenters. The van der Waals surface area contributed by atoms with Crippen molar-refractivity contribution in [3.8, 4) is 0 Å². The van der Waals surface area contributed by atoms with Crippen LogP contribution in [-0.2, 0) is 4.79 Å². The van der Waals surface area contributed by atoms with Gasteiger partial charge >= 0.3 is 6.09 Å². The molecule has 0 spiro atoms. The average Bonchev–Trinajstić information content (AvgIpc) is 1.94. The fourth-order valence-corrected chi connectivity index (χ4v) is 1.41. The number of carboxylic acid groups (broad SMARTS) is 1. The van der Waals surface area contributed by atoms with Crippen LogP contribution >= 0.6 is 22.6 Å². The third-order valence-electron chi connectivity index (χ3n) is 1.31. The van der Waals surface area contributed by atoms with Crippen LogP contribution in [0.4, 0.5) is 4.79 Å². The average molecular weight is 267 g/mol. The standard InChI is InChI=1S/C6H6INO3/c7-5-2-1-4(9)3-8(5)6(10)11/h1-2,5H,3H2,(H,10,11). The molecule has 1 N–H and O–H groups in total. The van der Waals surface area contributed by atoms with Crippen LogP contribution in [0.25, 0.3) is 0 Å². The van der Waals surface area contributed by atoms with Crippen LogP contribution in [0.1, 0.15) is 0 Å². The van der Waals surface area contributed by atoms with Gasteiger partial charge in [0, 0.05) is 0 Å². The van der Waals surface area contributed by atoms with Gasteiger partial charge in [-0.05, 0) is 12.2 Å². The van der Waals surface area contributed by atoms with E-state index >= 15 is 0 Å². The van der Waals surface area contributed by atoms with Crippen molar-refractivity contribution in [3.05, 3.63) is 12.2 Å². The lowest BCUT2D eigenvalue weighted by Gasteiger charge is -2.24. The molecule has 60 valence electrons. The van der Waals surface area contributed by atoms with E-state index in [2.05, 4.69) is 0 Å². The first-order valence-corrected chi connectivity index (χ1v) is 4.20. The van der Waals surface area contributed by atoms with Gasteiger partial charge in [0.2, 0.25) is 0 Å². The first kappa shape index (κ1) is 8.51. The summed E-state index contributed by atoms with van der Waals surface area (Å²) in [5, 5.41) is 8.56. The number of carbonyl (C=O) groups excluding carboxylic acids is 1. The molecule has 1 aliphatic rings. The fourth-order valence-electron chi connectivity index (χ4n) is 0.772. The molecule has 1 unspecified atom stereocenters. The minimum atomic E-state index is -1.05. The highest BCUT2D eigenvalue weighted by Crippen LogP contribution is 2.13. The minimum Gasteiger partial charge on any atom is -0.465 e. The lowest BCUT2D eigenvalue weighted by molar-refractivity contribution is -0.115. The maximum atomic E-state index is 10.7. The summed E-state index contributed by atoms with van der Waals surface area (Å²) in [6.07, 6.45) is 1.93. The predicted octanol–water partition coefficient (Wildman–Crippen LogP) is 0.866. The molecular weight excluding hydrogens is 261 g/mol. The smallest absolute Gasteiger partial charge is 0.408 e. The maximum Gasteiger partial charge on any atom is 0.408 e. The lowest BCUT2D eigenvalue weighted by Crippen LogP contribution is -2.40. The summed E-state index contributed by atoms with van der Waals surface area (Å²) >= 11 is 1.95. The normalized spacial score (nSPS) is 23.9. The van der Waals surface area contributed by atoms with Crippen molar-refractivity contribution < 1.29 is 14.7 Å². The van der Waals surface area contributed by atoms with Crippen LogP contribution < -0.4 is 0 Å². The number of nitrogens with zero attached hydrogens (tertiary/aromatic N) is 1. The van der Waals surface area contributed by atoms with Crippen molar-refractivity contribution in [1.29, 1.82) is 0 Å². The highest BCUT2D eigenvalue weighted by molar-refractivity contribution is 14.1. The molecule has 0 bridgehead atoms. The van der Waals surface area contributed by atoms with Gasteiger partial charge in [-0.1, -0.05) is 22.6 Å². The van der Waals surface area contributed by atoms with Crippen LogP contribution in [0, 0.1) is 0 Å². The number of hydrogen-bond donors (Lipinski definition) is 1. The third kappa shape index (κ3) is 1.92. The van der Waals surface area contributed by atoms with Crippen LogP contribution in [0.3, 0.4) is 0 Å². The Bertz CT molecular complexity index is 226. The van der Waals surface area contributed by atoms with Gasteiger partial charge in [0.25, 0.3) is 0 Å². The highest BCUT2D eigenvalue weighted by Gasteiger charge is 2.23. The molecular formula is C6H6INO3. The summed E-state index contributed by atoms with van der Waals surface area (Å²) in [5.74, 6) is -0.166. The van der Waals surface area contributed by atoms with E-state index in [1.165, 1.54) is 6.08 Å². The second-order valence-electron chi connectivity index (χ2n) is 2.11. The van der Waals surface area contributed by atoms with Gasteiger partial charge < -0.3 is 5.11 Å². The number of rotatable bonds is 0. The molecule has 0 aromatic carbocycles. The number of halogens is 1. The molecule has 0 fully saturated rings. The minimum absolute atomic E-state index is 0.0283. The van der Waals surface area contributed by atoms with E-state index in [0.717, 1.165) is 4.90 Å². The van der Waals surface area contributed by atoms with Crippen molar-refractivity contribution in [3.63, 3.8) is 0 Å². The van der Waals surface area contributed by atoms with Crippen molar-refractivity contribution in [2.45, 2.75) is 4.05 Å². The topological polar surface area (TPSA) is 57.6 Å². The zero-order valence-corrected chi connectivity index (χ0v) is 7.69. The summed E-state index contributed by atoms with van der Waals surface area (Å²) in [7, 11) is 0. The number of carbonyl (C=O) groups is 2. The molecule has 0 radical (unpaired) electrons. The molecule has 0 aromatic rings. The summed E-state index contributed by atoms with van der Waals surface area (Å²) in [6, 6.07) is 0. The van der Waals surface area contributed by atoms with Crippen molar-refractivity contribution in [1.82, 2.24) is 4.90 Å². The van der Waals surface area contributed by atoms with Crippen LogP contribution in [0.2, 0.25) is 0 Å². The number of alkyl halides is 1. The molecule has 4 nitrogen and oxygen atoms in total. The third-order valence-corrected chi connectivity index (χ3v) is 2.40. The monoisotopic (exact) mass is 267 g/mol. The highest BCUT2D eigenvalue weighted by atomic mass is 127. The molecule has 0 saturated heterocycles. The van der Waals surface area contributed by atoms with Crippen molar-refractivity contribution in [2.24, 2.45) is 0 Å². The molecule has 1 heterocycles. The largest absolute Gasteiger partial charge is 0.465 e. The maximum absolute atomic E-state index is 10.7. The van der Waals surface area contributed by atoms with Gasteiger partial charge in [-0.2, -0.15) is 0 Å². The molecule has 1 aliphatic heterocycles. The Labute approximate surface area is 77.0 Å². The molecule has 5 heteroatoms. The van der Waals surface area contributed by atoms with Crippen LogP contribution in [0.5, 0.6) is 0 Å². The van der Waals surface area contributed by atoms with Gasteiger partial charge in [0.05, 0.1) is 6.54 Å². The van der Waals surface area contributed by atoms with Gasteiger partial charge in [-0.15, -0.1) is 0 Å². The summed E-state index contributed by atoms with van der Waals surface area (Å²) in [5.41, 5.74) is 0. The van der Waals surface area contributed by atoms with Crippen molar-refractivity contribution >= 4 is 34.5 Å². The lowest BCUT2D eigenvalue weighted by atomic mass is 10.2. The van der Waals surface area contributed by atoms with E-state index in [1.807, 2.05) is 22.6 Å². The van der Waals surface area contributed by atoms with E-state index in [0.29, 0.717) is 0 Å². The Morgan fingerprint density at radius 3 is 2.91 bits per heavy atom. The van der Waals surface area contributed by atoms with Gasteiger partial charge in [-0.25, -0.2) is 4.79 Å². The summed E-state index contributed by atoms with van der Waals surface area (Å²) < 4.78 is -0.220. The van der Waals surface area contributed by atoms with E-state index in [9.17, 15) is 9.59 Å². The summed E-state index contributed by atoms with van der Waals surface area (Å²) in [6.45, 7) is -0.0283.